The first-order chi connectivity index (χ1) is 5.47. The van der Waals surface area contributed by atoms with Crippen LogP contribution in [-0.2, 0) is 0 Å². The van der Waals surface area contributed by atoms with Crippen LogP contribution in [0.2, 0.25) is 0 Å². The van der Waals surface area contributed by atoms with Crippen molar-refractivity contribution in [1.29, 1.82) is 0 Å². The molecule has 0 aliphatic carbocycles. The normalized spacial score (nSPS) is 25.3. The van der Waals surface area contributed by atoms with Crippen LogP contribution in [0.1, 0.15) is 17.4 Å². The minimum atomic E-state index is 0.565. The third kappa shape index (κ3) is 1.78. The van der Waals surface area contributed by atoms with Crippen LogP contribution in [0, 0.1) is 0 Å². The SMILES string of the molecule is c1cc(C2NCCCS2)cs1. The molecule has 0 amide bonds. The first kappa shape index (κ1) is 7.65. The third-order valence-electron chi connectivity index (χ3n) is 1.78. The molecule has 1 nitrogen and oxygen atoms in total. The van der Waals surface area contributed by atoms with Gasteiger partial charge in [-0.05, 0) is 41.1 Å². The maximum Gasteiger partial charge on any atom is 0.0797 e. The fraction of sp³-hybridized carbons (Fsp3) is 0.500. The summed E-state index contributed by atoms with van der Waals surface area (Å²) in [4.78, 5) is 0. The van der Waals surface area contributed by atoms with Gasteiger partial charge in [0, 0.05) is 0 Å². The Morgan fingerprint density at radius 2 is 2.55 bits per heavy atom. The molecule has 2 rings (SSSR count). The van der Waals surface area contributed by atoms with E-state index in [-0.39, 0.29) is 0 Å². The summed E-state index contributed by atoms with van der Waals surface area (Å²) in [5.74, 6) is 1.30. The van der Waals surface area contributed by atoms with E-state index in [0.29, 0.717) is 5.37 Å². The van der Waals surface area contributed by atoms with Gasteiger partial charge in [-0.25, -0.2) is 0 Å². The summed E-state index contributed by atoms with van der Waals surface area (Å²) in [7, 11) is 0. The Hall–Kier alpha value is 0.01000. The van der Waals surface area contributed by atoms with E-state index in [9.17, 15) is 0 Å². The molecule has 0 bridgehead atoms. The fourth-order valence-corrected chi connectivity index (χ4v) is 3.10. The Balaban J connectivity index is 2.04. The number of rotatable bonds is 1. The number of thiophene rings is 1. The second-order valence-electron chi connectivity index (χ2n) is 2.62. The molecule has 11 heavy (non-hydrogen) atoms. The van der Waals surface area contributed by atoms with E-state index in [4.69, 9.17) is 0 Å². The van der Waals surface area contributed by atoms with Crippen LogP contribution in [0.4, 0.5) is 0 Å². The highest BCUT2D eigenvalue weighted by molar-refractivity contribution is 7.99. The first-order valence-corrected chi connectivity index (χ1v) is 5.83. The van der Waals surface area contributed by atoms with Gasteiger partial charge in [-0.15, -0.1) is 11.8 Å². The van der Waals surface area contributed by atoms with E-state index in [1.807, 2.05) is 11.8 Å². The summed E-state index contributed by atoms with van der Waals surface area (Å²) >= 11 is 3.80. The molecular weight excluding hydrogens is 174 g/mol. The van der Waals surface area contributed by atoms with Crippen molar-refractivity contribution in [3.63, 3.8) is 0 Å². The molecule has 1 atom stereocenters. The van der Waals surface area contributed by atoms with Crippen LogP contribution in [0.3, 0.4) is 0 Å². The zero-order valence-corrected chi connectivity index (χ0v) is 7.88. The molecule has 1 aliphatic rings. The summed E-state index contributed by atoms with van der Waals surface area (Å²) < 4.78 is 0. The maximum absolute atomic E-state index is 3.49. The van der Waals surface area contributed by atoms with Crippen LogP contribution < -0.4 is 5.32 Å². The minimum absolute atomic E-state index is 0.565. The van der Waals surface area contributed by atoms with Crippen molar-refractivity contribution in [2.45, 2.75) is 11.8 Å². The van der Waals surface area contributed by atoms with Gasteiger partial charge in [0.2, 0.25) is 0 Å². The van der Waals surface area contributed by atoms with Gasteiger partial charge in [-0.1, -0.05) is 0 Å². The zero-order valence-electron chi connectivity index (χ0n) is 6.25. The quantitative estimate of drug-likeness (QED) is 0.721. The van der Waals surface area contributed by atoms with Gasteiger partial charge >= 0.3 is 0 Å². The largest absolute Gasteiger partial charge is 0.302 e. The lowest BCUT2D eigenvalue weighted by atomic mass is 10.3. The highest BCUT2D eigenvalue weighted by atomic mass is 32.2. The number of thioether (sulfide) groups is 1. The fourth-order valence-electron chi connectivity index (χ4n) is 1.20. The van der Waals surface area contributed by atoms with Gasteiger partial charge in [0.1, 0.15) is 0 Å². The molecule has 0 spiro atoms. The Kier molecular flexibility index (Phi) is 2.51. The van der Waals surface area contributed by atoms with Crippen molar-refractivity contribution < 1.29 is 0 Å². The van der Waals surface area contributed by atoms with Crippen LogP contribution >= 0.6 is 23.1 Å². The second kappa shape index (κ2) is 3.61. The van der Waals surface area contributed by atoms with Crippen LogP contribution in [0.25, 0.3) is 0 Å². The van der Waals surface area contributed by atoms with Crippen molar-refractivity contribution in [3.05, 3.63) is 22.4 Å². The molecule has 1 fully saturated rings. The lowest BCUT2D eigenvalue weighted by Gasteiger charge is -2.21. The molecule has 60 valence electrons. The average molecular weight is 185 g/mol. The summed E-state index contributed by atoms with van der Waals surface area (Å²) in [5.41, 5.74) is 1.44. The van der Waals surface area contributed by atoms with Crippen LogP contribution in [0.15, 0.2) is 16.8 Å². The smallest absolute Gasteiger partial charge is 0.0797 e. The zero-order chi connectivity index (χ0) is 7.52. The lowest BCUT2D eigenvalue weighted by Crippen LogP contribution is -2.24. The molecule has 1 N–H and O–H groups in total. The number of nitrogens with one attached hydrogen (secondary N) is 1. The molecule has 1 unspecified atom stereocenters. The summed E-state index contributed by atoms with van der Waals surface area (Å²) in [5, 5.41) is 8.43. The predicted molar refractivity (Wildman–Crippen MR) is 52.1 cm³/mol. The van der Waals surface area contributed by atoms with Crippen LogP contribution in [-0.4, -0.2) is 12.3 Å². The molecule has 0 radical (unpaired) electrons. The highest BCUT2D eigenvalue weighted by Crippen LogP contribution is 2.30. The summed E-state index contributed by atoms with van der Waals surface area (Å²) in [6, 6.07) is 2.21. The monoisotopic (exact) mass is 185 g/mol. The van der Waals surface area contributed by atoms with Crippen LogP contribution in [0.5, 0.6) is 0 Å². The second-order valence-corrected chi connectivity index (χ2v) is 4.61. The maximum atomic E-state index is 3.49. The van der Waals surface area contributed by atoms with Crippen molar-refractivity contribution >= 4 is 23.1 Å². The Bertz CT molecular complexity index is 202. The van der Waals surface area contributed by atoms with Crippen molar-refractivity contribution in [2.24, 2.45) is 0 Å². The Morgan fingerprint density at radius 3 is 3.18 bits per heavy atom. The van der Waals surface area contributed by atoms with Gasteiger partial charge in [0.05, 0.1) is 5.37 Å². The van der Waals surface area contributed by atoms with Gasteiger partial charge < -0.3 is 5.32 Å². The van der Waals surface area contributed by atoms with Gasteiger partial charge in [0.15, 0.2) is 0 Å². The van der Waals surface area contributed by atoms with E-state index in [2.05, 4.69) is 22.1 Å². The van der Waals surface area contributed by atoms with E-state index in [0.717, 1.165) is 0 Å². The van der Waals surface area contributed by atoms with Crippen molar-refractivity contribution in [2.75, 3.05) is 12.3 Å². The summed E-state index contributed by atoms with van der Waals surface area (Å²) in [6.07, 6.45) is 1.31. The molecular formula is C8H11NS2. The number of hydrogen-bond acceptors (Lipinski definition) is 3. The lowest BCUT2D eigenvalue weighted by molar-refractivity contribution is 0.644. The molecule has 1 aromatic heterocycles. The van der Waals surface area contributed by atoms with E-state index >= 15 is 0 Å². The molecule has 2 heterocycles. The topological polar surface area (TPSA) is 12.0 Å². The van der Waals surface area contributed by atoms with E-state index in [1.54, 1.807) is 11.3 Å². The van der Waals surface area contributed by atoms with Gasteiger partial charge in [0.25, 0.3) is 0 Å². The molecule has 1 aromatic rings. The number of hydrogen-bond donors (Lipinski definition) is 1. The van der Waals surface area contributed by atoms with Gasteiger partial charge in [-0.3, -0.25) is 0 Å². The highest BCUT2D eigenvalue weighted by Gasteiger charge is 2.14. The Labute approximate surface area is 75.2 Å². The standard InChI is InChI=1S/C8H11NS2/c1-3-9-8(11-4-1)7-2-5-10-6-7/h2,5-6,8-9H,1,3-4H2. The van der Waals surface area contributed by atoms with E-state index < -0.39 is 0 Å². The average Bonchev–Trinajstić information content (AvgIpc) is 2.58. The third-order valence-corrected chi connectivity index (χ3v) is 3.78. The minimum Gasteiger partial charge on any atom is -0.302 e. The molecule has 0 saturated carbocycles. The molecule has 0 aromatic carbocycles. The van der Waals surface area contributed by atoms with E-state index in [1.165, 1.54) is 24.3 Å². The molecule has 1 saturated heterocycles. The molecule has 1 aliphatic heterocycles. The Morgan fingerprint density at radius 1 is 1.55 bits per heavy atom. The first-order valence-electron chi connectivity index (χ1n) is 3.84. The van der Waals surface area contributed by atoms with Crippen molar-refractivity contribution in [3.8, 4) is 0 Å². The van der Waals surface area contributed by atoms with Crippen molar-refractivity contribution in [1.82, 2.24) is 5.32 Å². The summed E-state index contributed by atoms with van der Waals surface area (Å²) in [6.45, 7) is 1.17. The predicted octanol–water partition coefficient (Wildman–Crippen LogP) is 2.47. The van der Waals surface area contributed by atoms with Gasteiger partial charge in [-0.2, -0.15) is 11.3 Å². The molecule has 3 heteroatoms.